The minimum atomic E-state index is 0.878. The number of rotatable bonds is 1. The minimum absolute atomic E-state index is 0.878. The van der Waals surface area contributed by atoms with E-state index >= 15 is 0 Å². The van der Waals surface area contributed by atoms with Crippen LogP contribution in [0.5, 0.6) is 0 Å². The Morgan fingerprint density at radius 2 is 2.46 bits per heavy atom. The van der Waals surface area contributed by atoms with Crippen LogP contribution < -0.4 is 0 Å². The van der Waals surface area contributed by atoms with Gasteiger partial charge in [-0.1, -0.05) is 10.7 Å². The molecule has 0 atom stereocenters. The summed E-state index contributed by atoms with van der Waals surface area (Å²) < 4.78 is 5.12. The average molecular weight is 178 g/mol. The zero-order chi connectivity index (χ0) is 9.26. The molecule has 0 aliphatic carbocycles. The third-order valence-corrected chi connectivity index (χ3v) is 2.28. The van der Waals surface area contributed by atoms with Crippen molar-refractivity contribution in [3.8, 4) is 0 Å². The molecule has 0 N–H and O–H groups in total. The normalized spacial score (nSPS) is 21.5. The highest BCUT2D eigenvalue weighted by Crippen LogP contribution is 2.17. The van der Waals surface area contributed by atoms with Crippen LogP contribution >= 0.6 is 0 Å². The van der Waals surface area contributed by atoms with Gasteiger partial charge in [0, 0.05) is 19.2 Å². The van der Waals surface area contributed by atoms with Crippen molar-refractivity contribution in [2.45, 2.75) is 13.3 Å². The van der Waals surface area contributed by atoms with Gasteiger partial charge >= 0.3 is 0 Å². The van der Waals surface area contributed by atoms with Gasteiger partial charge in [-0.25, -0.2) is 0 Å². The van der Waals surface area contributed by atoms with Crippen LogP contribution in [0, 0.1) is 6.92 Å². The number of hydrogen-bond donors (Lipinski definition) is 0. The monoisotopic (exact) mass is 178 g/mol. The fourth-order valence-electron chi connectivity index (χ4n) is 1.61. The van der Waals surface area contributed by atoms with Gasteiger partial charge in [0.1, 0.15) is 0 Å². The zero-order valence-corrected chi connectivity index (χ0v) is 8.08. The Labute approximate surface area is 78.0 Å². The Balaban J connectivity index is 2.12. The van der Waals surface area contributed by atoms with Gasteiger partial charge < -0.3 is 9.42 Å². The van der Waals surface area contributed by atoms with Crippen molar-refractivity contribution in [2.75, 3.05) is 20.1 Å². The summed E-state index contributed by atoms with van der Waals surface area (Å²) in [5.74, 6) is 0.878. The molecule has 0 bridgehead atoms. The first-order valence-electron chi connectivity index (χ1n) is 4.55. The molecule has 1 aromatic heterocycles. The Bertz CT molecular complexity index is 327. The van der Waals surface area contributed by atoms with Crippen LogP contribution in [0.1, 0.15) is 17.9 Å². The highest BCUT2D eigenvalue weighted by Gasteiger charge is 2.12. The van der Waals surface area contributed by atoms with E-state index in [1.165, 1.54) is 5.57 Å². The summed E-state index contributed by atoms with van der Waals surface area (Å²) in [4.78, 5) is 2.30. The van der Waals surface area contributed by atoms with E-state index in [1.54, 1.807) is 0 Å². The molecule has 0 unspecified atom stereocenters. The maximum absolute atomic E-state index is 5.12. The van der Waals surface area contributed by atoms with Gasteiger partial charge in [-0.3, -0.25) is 0 Å². The molecule has 0 radical (unpaired) electrons. The molecular formula is C10H14N2O. The number of hydrogen-bond acceptors (Lipinski definition) is 3. The van der Waals surface area contributed by atoms with Crippen LogP contribution in [0.25, 0.3) is 6.08 Å². The van der Waals surface area contributed by atoms with Crippen molar-refractivity contribution in [1.82, 2.24) is 10.1 Å². The first kappa shape index (κ1) is 8.51. The third kappa shape index (κ3) is 1.98. The molecule has 0 aromatic carbocycles. The summed E-state index contributed by atoms with van der Waals surface area (Å²) in [6.45, 7) is 4.14. The fourth-order valence-corrected chi connectivity index (χ4v) is 1.61. The minimum Gasteiger partial charge on any atom is -0.357 e. The zero-order valence-electron chi connectivity index (χ0n) is 8.08. The number of nitrogens with zero attached hydrogens (tertiary/aromatic N) is 2. The molecule has 2 rings (SSSR count). The number of aromatic nitrogens is 1. The van der Waals surface area contributed by atoms with Crippen LogP contribution in [-0.2, 0) is 0 Å². The lowest BCUT2D eigenvalue weighted by atomic mass is 10.2. The van der Waals surface area contributed by atoms with Crippen molar-refractivity contribution in [2.24, 2.45) is 0 Å². The van der Waals surface area contributed by atoms with E-state index in [9.17, 15) is 0 Å². The molecule has 0 saturated carbocycles. The number of likely N-dealkylation sites (N-methyl/N-ethyl adjacent to an activating group) is 1. The molecule has 1 aliphatic rings. The van der Waals surface area contributed by atoms with Crippen molar-refractivity contribution in [3.63, 3.8) is 0 Å². The van der Waals surface area contributed by atoms with Crippen molar-refractivity contribution in [3.05, 3.63) is 23.1 Å². The number of likely N-dealkylation sites (tertiary alicyclic amines) is 1. The molecule has 13 heavy (non-hydrogen) atoms. The molecule has 1 saturated heterocycles. The Hall–Kier alpha value is -1.09. The van der Waals surface area contributed by atoms with E-state index in [-0.39, 0.29) is 0 Å². The quantitative estimate of drug-likeness (QED) is 0.655. The molecule has 2 heterocycles. The SMILES string of the molecule is Cc1cc(/C=C2/CCN(C)C2)on1. The standard InChI is InChI=1S/C10H14N2O/c1-8-5-10(13-11-8)6-9-3-4-12(2)7-9/h5-6H,3-4,7H2,1-2H3/b9-6-. The predicted molar refractivity (Wildman–Crippen MR) is 51.3 cm³/mol. The first-order chi connectivity index (χ1) is 6.24. The first-order valence-corrected chi connectivity index (χ1v) is 4.55. The van der Waals surface area contributed by atoms with E-state index in [2.05, 4.69) is 23.2 Å². The molecule has 0 amide bonds. The predicted octanol–water partition coefficient (Wildman–Crippen LogP) is 1.70. The Morgan fingerprint density at radius 3 is 3.00 bits per heavy atom. The fraction of sp³-hybridized carbons (Fsp3) is 0.500. The summed E-state index contributed by atoms with van der Waals surface area (Å²) in [5, 5.41) is 3.84. The highest BCUT2D eigenvalue weighted by atomic mass is 16.5. The average Bonchev–Trinajstić information content (AvgIpc) is 2.62. The second-order valence-electron chi connectivity index (χ2n) is 3.66. The summed E-state index contributed by atoms with van der Waals surface area (Å²) in [7, 11) is 2.13. The van der Waals surface area contributed by atoms with E-state index in [1.807, 2.05) is 13.0 Å². The topological polar surface area (TPSA) is 29.3 Å². The van der Waals surface area contributed by atoms with Gasteiger partial charge in [-0.05, 0) is 26.5 Å². The molecule has 70 valence electrons. The van der Waals surface area contributed by atoms with Crippen LogP contribution in [0.4, 0.5) is 0 Å². The lowest BCUT2D eigenvalue weighted by Crippen LogP contribution is -2.11. The largest absolute Gasteiger partial charge is 0.357 e. The Morgan fingerprint density at radius 1 is 1.62 bits per heavy atom. The molecule has 1 fully saturated rings. The summed E-state index contributed by atoms with van der Waals surface area (Å²) in [5.41, 5.74) is 2.37. The van der Waals surface area contributed by atoms with Crippen molar-refractivity contribution < 1.29 is 4.52 Å². The van der Waals surface area contributed by atoms with Gasteiger partial charge in [0.2, 0.25) is 0 Å². The lowest BCUT2D eigenvalue weighted by Gasteiger charge is -2.01. The maximum Gasteiger partial charge on any atom is 0.159 e. The van der Waals surface area contributed by atoms with Gasteiger partial charge in [0.15, 0.2) is 5.76 Å². The van der Waals surface area contributed by atoms with Crippen LogP contribution in [0.2, 0.25) is 0 Å². The van der Waals surface area contributed by atoms with Gasteiger partial charge in [0.05, 0.1) is 5.69 Å². The molecule has 1 aromatic rings. The summed E-state index contributed by atoms with van der Waals surface area (Å²) in [6.07, 6.45) is 3.25. The van der Waals surface area contributed by atoms with Crippen LogP contribution in [0.3, 0.4) is 0 Å². The maximum atomic E-state index is 5.12. The lowest BCUT2D eigenvalue weighted by molar-refractivity contribution is 0.407. The van der Waals surface area contributed by atoms with E-state index in [4.69, 9.17) is 4.52 Å². The molecular weight excluding hydrogens is 164 g/mol. The molecule has 3 nitrogen and oxygen atoms in total. The molecule has 1 aliphatic heterocycles. The summed E-state index contributed by atoms with van der Waals surface area (Å²) in [6, 6.07) is 1.96. The van der Waals surface area contributed by atoms with Crippen LogP contribution in [0.15, 0.2) is 16.2 Å². The highest BCUT2D eigenvalue weighted by molar-refractivity contribution is 5.48. The Kier molecular flexibility index (Phi) is 2.19. The smallest absolute Gasteiger partial charge is 0.159 e. The van der Waals surface area contributed by atoms with E-state index in [0.717, 1.165) is 31.0 Å². The van der Waals surface area contributed by atoms with E-state index < -0.39 is 0 Å². The molecule has 3 heteroatoms. The van der Waals surface area contributed by atoms with Crippen LogP contribution in [-0.4, -0.2) is 30.2 Å². The number of aryl methyl sites for hydroxylation is 1. The summed E-state index contributed by atoms with van der Waals surface area (Å²) >= 11 is 0. The molecule has 0 spiro atoms. The van der Waals surface area contributed by atoms with Gasteiger partial charge in [-0.2, -0.15) is 0 Å². The second-order valence-corrected chi connectivity index (χ2v) is 3.66. The van der Waals surface area contributed by atoms with Crippen molar-refractivity contribution >= 4 is 6.08 Å². The van der Waals surface area contributed by atoms with Crippen molar-refractivity contribution in [1.29, 1.82) is 0 Å². The van der Waals surface area contributed by atoms with Gasteiger partial charge in [-0.15, -0.1) is 0 Å². The third-order valence-electron chi connectivity index (χ3n) is 2.28. The van der Waals surface area contributed by atoms with E-state index in [0.29, 0.717) is 0 Å². The second kappa shape index (κ2) is 3.34. The van der Waals surface area contributed by atoms with Gasteiger partial charge in [0.25, 0.3) is 0 Å².